The van der Waals surface area contributed by atoms with Gasteiger partial charge < -0.3 is 5.11 Å². The molecule has 0 atom stereocenters. The van der Waals surface area contributed by atoms with E-state index in [0.717, 1.165) is 15.6 Å². The largest absolute Gasteiger partial charge is 0.480 e. The Morgan fingerprint density at radius 2 is 2.14 bits per heavy atom. The normalized spacial score (nSPS) is 10.8. The number of pyridine rings is 1. The number of aryl methyl sites for hydroxylation is 1. The smallest absolute Gasteiger partial charge is 0.317 e. The molecule has 0 radical (unpaired) electrons. The predicted molar refractivity (Wildman–Crippen MR) is 84.9 cm³/mol. The molecule has 0 saturated heterocycles. The van der Waals surface area contributed by atoms with E-state index in [1.54, 1.807) is 12.4 Å². The van der Waals surface area contributed by atoms with E-state index in [-0.39, 0.29) is 6.54 Å². The first kappa shape index (κ1) is 15.7. The Morgan fingerprint density at radius 3 is 2.81 bits per heavy atom. The molecule has 2 rings (SSSR count). The van der Waals surface area contributed by atoms with Gasteiger partial charge in [-0.2, -0.15) is 0 Å². The molecular weight excluding hydrogens is 332 g/mol. The summed E-state index contributed by atoms with van der Waals surface area (Å²) in [4.78, 5) is 17.0. The van der Waals surface area contributed by atoms with E-state index in [0.29, 0.717) is 13.1 Å². The molecule has 5 heteroatoms. The molecule has 1 heterocycles. The first-order valence-corrected chi connectivity index (χ1v) is 7.42. The van der Waals surface area contributed by atoms with Crippen LogP contribution in [0.4, 0.5) is 0 Å². The minimum absolute atomic E-state index is 0.00268. The maximum absolute atomic E-state index is 11.1. The van der Waals surface area contributed by atoms with E-state index in [4.69, 9.17) is 5.11 Å². The molecule has 1 N–H and O–H groups in total. The Kier molecular flexibility index (Phi) is 5.47. The van der Waals surface area contributed by atoms with Crippen LogP contribution >= 0.6 is 15.9 Å². The third kappa shape index (κ3) is 4.95. The second-order valence-corrected chi connectivity index (χ2v) is 5.85. The molecule has 4 nitrogen and oxygen atoms in total. The van der Waals surface area contributed by atoms with Crippen molar-refractivity contribution in [3.8, 4) is 0 Å². The zero-order valence-corrected chi connectivity index (χ0v) is 13.4. The number of aromatic nitrogens is 1. The quantitative estimate of drug-likeness (QED) is 0.870. The number of hydrogen-bond acceptors (Lipinski definition) is 3. The van der Waals surface area contributed by atoms with Gasteiger partial charge in [0.15, 0.2) is 0 Å². The van der Waals surface area contributed by atoms with Gasteiger partial charge in [-0.05, 0) is 40.0 Å². The molecule has 110 valence electrons. The van der Waals surface area contributed by atoms with Crippen molar-refractivity contribution in [3.63, 3.8) is 0 Å². The number of halogens is 1. The van der Waals surface area contributed by atoms with Gasteiger partial charge in [0.2, 0.25) is 0 Å². The van der Waals surface area contributed by atoms with E-state index in [1.165, 1.54) is 5.56 Å². The summed E-state index contributed by atoms with van der Waals surface area (Å²) in [5.74, 6) is -0.826. The van der Waals surface area contributed by atoms with Crippen LogP contribution in [-0.2, 0) is 17.9 Å². The van der Waals surface area contributed by atoms with E-state index >= 15 is 0 Å². The summed E-state index contributed by atoms with van der Waals surface area (Å²) >= 11 is 3.45. The summed E-state index contributed by atoms with van der Waals surface area (Å²) in [6.07, 6.45) is 3.44. The highest BCUT2D eigenvalue weighted by Crippen LogP contribution is 2.18. The maximum atomic E-state index is 11.1. The van der Waals surface area contributed by atoms with Crippen LogP contribution in [0, 0.1) is 6.92 Å². The zero-order valence-electron chi connectivity index (χ0n) is 11.8. The Balaban J connectivity index is 2.15. The zero-order chi connectivity index (χ0) is 15.2. The van der Waals surface area contributed by atoms with Gasteiger partial charge in [0.25, 0.3) is 0 Å². The molecule has 1 aromatic heterocycles. The van der Waals surface area contributed by atoms with Crippen molar-refractivity contribution in [3.05, 3.63) is 63.9 Å². The van der Waals surface area contributed by atoms with Crippen molar-refractivity contribution in [1.82, 2.24) is 9.88 Å². The summed E-state index contributed by atoms with van der Waals surface area (Å²) in [7, 11) is 0. The Bertz CT molecular complexity index is 631. The number of rotatable bonds is 6. The maximum Gasteiger partial charge on any atom is 0.317 e. The van der Waals surface area contributed by atoms with Crippen LogP contribution in [0.3, 0.4) is 0 Å². The fraction of sp³-hybridized carbons (Fsp3) is 0.250. The molecule has 0 fully saturated rings. The second kappa shape index (κ2) is 7.33. The molecule has 0 amide bonds. The lowest BCUT2D eigenvalue weighted by Gasteiger charge is -2.21. The van der Waals surface area contributed by atoms with E-state index in [2.05, 4.69) is 27.0 Å². The minimum Gasteiger partial charge on any atom is -0.480 e. The third-order valence-corrected chi connectivity index (χ3v) is 3.81. The molecule has 21 heavy (non-hydrogen) atoms. The number of hydrogen-bond donors (Lipinski definition) is 1. The number of benzene rings is 1. The molecule has 2 aromatic rings. The van der Waals surface area contributed by atoms with Crippen LogP contribution in [-0.4, -0.2) is 27.5 Å². The van der Waals surface area contributed by atoms with Gasteiger partial charge in [-0.1, -0.05) is 29.8 Å². The average molecular weight is 349 g/mol. The van der Waals surface area contributed by atoms with Crippen molar-refractivity contribution < 1.29 is 9.90 Å². The van der Waals surface area contributed by atoms with Crippen molar-refractivity contribution in [2.75, 3.05) is 6.54 Å². The van der Waals surface area contributed by atoms with Crippen LogP contribution in [0.25, 0.3) is 0 Å². The highest BCUT2D eigenvalue weighted by Gasteiger charge is 2.13. The first-order chi connectivity index (χ1) is 10.0. The van der Waals surface area contributed by atoms with Crippen LogP contribution in [0.15, 0.2) is 47.2 Å². The summed E-state index contributed by atoms with van der Waals surface area (Å²) < 4.78 is 0.893. The van der Waals surface area contributed by atoms with Crippen LogP contribution in [0.2, 0.25) is 0 Å². The average Bonchev–Trinajstić information content (AvgIpc) is 2.40. The number of nitrogens with zero attached hydrogens (tertiary/aromatic N) is 2. The van der Waals surface area contributed by atoms with Gasteiger partial charge >= 0.3 is 5.97 Å². The third-order valence-electron chi connectivity index (χ3n) is 3.10. The summed E-state index contributed by atoms with van der Waals surface area (Å²) in [6.45, 7) is 3.19. The second-order valence-electron chi connectivity index (χ2n) is 5.00. The van der Waals surface area contributed by atoms with E-state index in [1.807, 2.05) is 36.1 Å². The topological polar surface area (TPSA) is 53.4 Å². The summed E-state index contributed by atoms with van der Waals surface area (Å²) in [5.41, 5.74) is 3.31. The number of carbonyl (C=O) groups is 1. The van der Waals surface area contributed by atoms with Crippen molar-refractivity contribution >= 4 is 21.9 Å². The van der Waals surface area contributed by atoms with Gasteiger partial charge in [-0.25, -0.2) is 0 Å². The lowest BCUT2D eigenvalue weighted by Crippen LogP contribution is -2.29. The van der Waals surface area contributed by atoms with E-state index in [9.17, 15) is 4.79 Å². The lowest BCUT2D eigenvalue weighted by molar-refractivity contribution is -0.138. The molecule has 0 spiro atoms. The van der Waals surface area contributed by atoms with Crippen molar-refractivity contribution in [1.29, 1.82) is 0 Å². The fourth-order valence-corrected chi connectivity index (χ4v) is 2.58. The highest BCUT2D eigenvalue weighted by atomic mass is 79.9. The molecular formula is C16H17BrN2O2. The van der Waals surface area contributed by atoms with Crippen LogP contribution < -0.4 is 0 Å². The highest BCUT2D eigenvalue weighted by molar-refractivity contribution is 9.10. The van der Waals surface area contributed by atoms with Crippen LogP contribution in [0.1, 0.15) is 16.7 Å². The van der Waals surface area contributed by atoms with Gasteiger partial charge in [-0.3, -0.25) is 14.7 Å². The SMILES string of the molecule is Cc1cccc(CN(CC(=O)O)Cc2ccncc2Br)c1. The Morgan fingerprint density at radius 1 is 1.33 bits per heavy atom. The summed E-state index contributed by atoms with van der Waals surface area (Å²) in [5, 5.41) is 9.10. The van der Waals surface area contributed by atoms with Crippen molar-refractivity contribution in [2.45, 2.75) is 20.0 Å². The molecule has 1 aromatic carbocycles. The molecule has 0 bridgehead atoms. The van der Waals surface area contributed by atoms with E-state index < -0.39 is 5.97 Å². The minimum atomic E-state index is -0.826. The predicted octanol–water partition coefficient (Wildman–Crippen LogP) is 3.24. The molecule has 0 aliphatic carbocycles. The number of carboxylic acid groups (broad SMARTS) is 1. The van der Waals surface area contributed by atoms with Gasteiger partial charge in [0, 0.05) is 30.0 Å². The van der Waals surface area contributed by atoms with Crippen molar-refractivity contribution in [2.24, 2.45) is 0 Å². The monoisotopic (exact) mass is 348 g/mol. The Hall–Kier alpha value is -1.72. The Labute approximate surface area is 132 Å². The first-order valence-electron chi connectivity index (χ1n) is 6.62. The lowest BCUT2D eigenvalue weighted by atomic mass is 10.1. The standard InChI is InChI=1S/C16H17BrN2O2/c1-12-3-2-4-13(7-12)9-19(11-16(20)21)10-14-5-6-18-8-15(14)17/h2-8H,9-11H2,1H3,(H,20,21). The molecule has 0 unspecified atom stereocenters. The summed E-state index contributed by atoms with van der Waals surface area (Å²) in [6, 6.07) is 10.0. The fourth-order valence-electron chi connectivity index (χ4n) is 2.20. The van der Waals surface area contributed by atoms with Gasteiger partial charge in [0.05, 0.1) is 6.54 Å². The van der Waals surface area contributed by atoms with Crippen LogP contribution in [0.5, 0.6) is 0 Å². The van der Waals surface area contributed by atoms with Gasteiger partial charge in [0.1, 0.15) is 0 Å². The molecule has 0 saturated carbocycles. The molecule has 0 aliphatic rings. The van der Waals surface area contributed by atoms with Gasteiger partial charge in [-0.15, -0.1) is 0 Å². The number of carboxylic acids is 1. The molecule has 0 aliphatic heterocycles. The number of aliphatic carboxylic acids is 1.